The van der Waals surface area contributed by atoms with Crippen molar-refractivity contribution in [2.45, 2.75) is 32.7 Å². The molecule has 1 saturated carbocycles. The van der Waals surface area contributed by atoms with Crippen LogP contribution in [0.5, 0.6) is 5.75 Å². The van der Waals surface area contributed by atoms with E-state index in [1.807, 2.05) is 44.4 Å². The van der Waals surface area contributed by atoms with Crippen molar-refractivity contribution in [2.24, 2.45) is 13.0 Å². The Morgan fingerprint density at radius 1 is 1.24 bits per heavy atom. The second-order valence-corrected chi connectivity index (χ2v) is 8.91. The van der Waals surface area contributed by atoms with Gasteiger partial charge in [0.05, 0.1) is 47.7 Å². The highest BCUT2D eigenvalue weighted by molar-refractivity contribution is 6.04. The summed E-state index contributed by atoms with van der Waals surface area (Å²) in [5.41, 5.74) is 6.02. The highest BCUT2D eigenvalue weighted by atomic mass is 16.5. The maximum Gasteiger partial charge on any atom is 0.257 e. The van der Waals surface area contributed by atoms with Gasteiger partial charge in [-0.1, -0.05) is 6.07 Å². The molecule has 8 heteroatoms. The lowest BCUT2D eigenvalue weighted by Gasteiger charge is -2.17. The number of pyridine rings is 1. The number of ketones is 1. The largest absolute Gasteiger partial charge is 0.494 e. The molecule has 2 aliphatic rings. The minimum absolute atomic E-state index is 0.0873. The Morgan fingerprint density at radius 2 is 2.03 bits per heavy atom. The lowest BCUT2D eigenvalue weighted by atomic mass is 10.0. The molecule has 1 N–H and O–H groups in total. The van der Waals surface area contributed by atoms with Crippen molar-refractivity contribution >= 4 is 23.1 Å². The fourth-order valence-electron chi connectivity index (χ4n) is 4.47. The standard InChI is InChI=1S/C25H27N5O3/c1-14-12-30(3)28-23(14)17-6-5-7-18(24(17)33-4)27-19-10-16(11-21(31)15-8-9-15)26-20-13-29(2)25(32)22(19)20/h5-7,10,12,15H,8-9,11,13H2,1-4H3,(H,26,27). The predicted molar refractivity (Wildman–Crippen MR) is 125 cm³/mol. The molecule has 0 radical (unpaired) electrons. The molecule has 0 unspecified atom stereocenters. The van der Waals surface area contributed by atoms with Gasteiger partial charge in [0.2, 0.25) is 0 Å². The Kier molecular flexibility index (Phi) is 5.15. The molecule has 3 heterocycles. The van der Waals surface area contributed by atoms with Crippen molar-refractivity contribution in [1.29, 1.82) is 0 Å². The molecule has 5 rings (SSSR count). The summed E-state index contributed by atoms with van der Waals surface area (Å²) in [6.07, 6.45) is 4.18. The van der Waals surface area contributed by atoms with Gasteiger partial charge in [0.25, 0.3) is 5.91 Å². The number of carbonyl (C=O) groups excluding carboxylic acids is 2. The minimum Gasteiger partial charge on any atom is -0.494 e. The molecule has 1 amide bonds. The Bertz CT molecular complexity index is 1280. The molecular formula is C25H27N5O3. The topological polar surface area (TPSA) is 89.3 Å². The van der Waals surface area contributed by atoms with E-state index in [0.29, 0.717) is 34.9 Å². The molecule has 1 aromatic carbocycles. The quantitative estimate of drug-likeness (QED) is 0.597. The minimum atomic E-state index is -0.0873. The molecule has 1 aliphatic carbocycles. The normalized spacial score (nSPS) is 15.0. The second kappa shape index (κ2) is 8.03. The van der Waals surface area contributed by atoms with Gasteiger partial charge in [-0.2, -0.15) is 5.10 Å². The van der Waals surface area contributed by atoms with E-state index >= 15 is 0 Å². The van der Waals surface area contributed by atoms with E-state index < -0.39 is 0 Å². The molecule has 170 valence electrons. The van der Waals surface area contributed by atoms with E-state index in [2.05, 4.69) is 15.4 Å². The monoisotopic (exact) mass is 445 g/mol. The number of carbonyl (C=O) groups is 2. The number of methoxy groups -OCH3 is 1. The van der Waals surface area contributed by atoms with Crippen LogP contribution in [0.25, 0.3) is 11.3 Å². The summed E-state index contributed by atoms with van der Waals surface area (Å²) < 4.78 is 7.57. The van der Waals surface area contributed by atoms with Gasteiger partial charge in [-0.25, -0.2) is 0 Å². The van der Waals surface area contributed by atoms with Crippen LogP contribution >= 0.6 is 0 Å². The van der Waals surface area contributed by atoms with Crippen molar-refractivity contribution in [1.82, 2.24) is 19.7 Å². The van der Waals surface area contributed by atoms with Crippen LogP contribution in [0.2, 0.25) is 0 Å². The van der Waals surface area contributed by atoms with Gasteiger partial charge in [-0.15, -0.1) is 0 Å². The first-order valence-electron chi connectivity index (χ1n) is 11.1. The van der Waals surface area contributed by atoms with Crippen LogP contribution in [-0.4, -0.2) is 45.5 Å². The lowest BCUT2D eigenvalue weighted by molar-refractivity contribution is -0.119. The molecule has 2 aromatic heterocycles. The molecule has 0 saturated heterocycles. The van der Waals surface area contributed by atoms with Crippen LogP contribution in [-0.2, 0) is 24.8 Å². The Hall–Kier alpha value is -3.68. The van der Waals surface area contributed by atoms with Gasteiger partial charge >= 0.3 is 0 Å². The summed E-state index contributed by atoms with van der Waals surface area (Å²) in [6, 6.07) is 7.64. The van der Waals surface area contributed by atoms with Crippen LogP contribution in [0.3, 0.4) is 0 Å². The third-order valence-electron chi connectivity index (χ3n) is 6.24. The summed E-state index contributed by atoms with van der Waals surface area (Å²) in [6.45, 7) is 2.44. The highest BCUT2D eigenvalue weighted by Gasteiger charge is 2.33. The molecule has 0 spiro atoms. The molecule has 1 fully saturated rings. The van der Waals surface area contributed by atoms with E-state index in [0.717, 1.165) is 35.3 Å². The highest BCUT2D eigenvalue weighted by Crippen LogP contribution is 2.40. The zero-order valence-electron chi connectivity index (χ0n) is 19.3. The van der Waals surface area contributed by atoms with Crippen LogP contribution in [0.15, 0.2) is 30.5 Å². The van der Waals surface area contributed by atoms with Crippen molar-refractivity contribution in [2.75, 3.05) is 19.5 Å². The average molecular weight is 446 g/mol. The van der Waals surface area contributed by atoms with Crippen LogP contribution in [0.1, 0.15) is 40.2 Å². The average Bonchev–Trinajstić information content (AvgIpc) is 3.51. The number of para-hydroxylation sites is 1. The van der Waals surface area contributed by atoms with E-state index in [1.54, 1.807) is 23.7 Å². The number of aryl methyl sites for hydroxylation is 2. The first kappa shape index (κ1) is 21.2. The first-order chi connectivity index (χ1) is 15.9. The van der Waals surface area contributed by atoms with E-state index in [1.165, 1.54) is 0 Å². The third kappa shape index (κ3) is 3.86. The maximum absolute atomic E-state index is 12.9. The number of fused-ring (bicyclic) bond motifs is 1. The number of benzene rings is 1. The van der Waals surface area contributed by atoms with E-state index in [-0.39, 0.29) is 24.0 Å². The van der Waals surface area contributed by atoms with Gasteiger partial charge < -0.3 is 15.0 Å². The molecule has 0 atom stereocenters. The molecular weight excluding hydrogens is 418 g/mol. The Morgan fingerprint density at radius 3 is 2.70 bits per heavy atom. The first-order valence-corrected chi connectivity index (χ1v) is 11.1. The summed E-state index contributed by atoms with van der Waals surface area (Å²) in [5, 5.41) is 8.00. The van der Waals surface area contributed by atoms with Crippen LogP contribution < -0.4 is 10.1 Å². The molecule has 3 aromatic rings. The number of hydrogen-bond acceptors (Lipinski definition) is 6. The van der Waals surface area contributed by atoms with Crippen LogP contribution in [0, 0.1) is 12.8 Å². The van der Waals surface area contributed by atoms with Gasteiger partial charge in [0, 0.05) is 38.2 Å². The van der Waals surface area contributed by atoms with Crippen LogP contribution in [0.4, 0.5) is 11.4 Å². The number of nitrogens with one attached hydrogen (secondary N) is 1. The number of nitrogens with zero attached hydrogens (tertiary/aromatic N) is 4. The zero-order chi connectivity index (χ0) is 23.3. The number of rotatable bonds is 7. The zero-order valence-corrected chi connectivity index (χ0v) is 19.3. The molecule has 33 heavy (non-hydrogen) atoms. The van der Waals surface area contributed by atoms with Crippen molar-refractivity contribution in [3.05, 3.63) is 53.0 Å². The van der Waals surface area contributed by atoms with Crippen molar-refractivity contribution in [3.8, 4) is 17.0 Å². The molecule has 1 aliphatic heterocycles. The van der Waals surface area contributed by atoms with Crippen molar-refractivity contribution < 1.29 is 14.3 Å². The fourth-order valence-corrected chi connectivity index (χ4v) is 4.47. The fraction of sp³-hybridized carbons (Fsp3) is 0.360. The van der Waals surface area contributed by atoms with Gasteiger partial charge in [-0.05, 0) is 43.5 Å². The smallest absolute Gasteiger partial charge is 0.257 e. The SMILES string of the molecule is COc1c(Nc2cc(CC(=O)C3CC3)nc3c2C(=O)N(C)C3)cccc1-c1nn(C)cc1C. The number of anilines is 2. The third-order valence-corrected chi connectivity index (χ3v) is 6.24. The van der Waals surface area contributed by atoms with Gasteiger partial charge in [-0.3, -0.25) is 19.3 Å². The number of Topliss-reactive ketones (excluding diaryl/α,β-unsaturated/α-hetero) is 1. The van der Waals surface area contributed by atoms with Gasteiger partial charge in [0.15, 0.2) is 5.75 Å². The predicted octanol–water partition coefficient (Wildman–Crippen LogP) is 3.65. The van der Waals surface area contributed by atoms with E-state index in [4.69, 9.17) is 4.74 Å². The van der Waals surface area contributed by atoms with Crippen molar-refractivity contribution in [3.63, 3.8) is 0 Å². The molecule has 8 nitrogen and oxygen atoms in total. The number of hydrogen-bond donors (Lipinski definition) is 1. The number of amides is 1. The summed E-state index contributed by atoms with van der Waals surface area (Å²) in [4.78, 5) is 31.6. The maximum atomic E-state index is 12.9. The summed E-state index contributed by atoms with van der Waals surface area (Å²) in [7, 11) is 5.27. The second-order valence-electron chi connectivity index (χ2n) is 8.91. The summed E-state index contributed by atoms with van der Waals surface area (Å²) in [5.74, 6) is 0.936. The Balaban J connectivity index is 1.57. The molecule has 0 bridgehead atoms. The van der Waals surface area contributed by atoms with E-state index in [9.17, 15) is 9.59 Å². The summed E-state index contributed by atoms with van der Waals surface area (Å²) >= 11 is 0. The van der Waals surface area contributed by atoms with Gasteiger partial charge in [0.1, 0.15) is 5.78 Å². The number of ether oxygens (including phenoxy) is 1. The Labute approximate surface area is 192 Å². The number of aromatic nitrogens is 3. The lowest BCUT2D eigenvalue weighted by Crippen LogP contribution is -2.18.